The van der Waals surface area contributed by atoms with E-state index in [9.17, 15) is 9.59 Å². The van der Waals surface area contributed by atoms with Crippen LogP contribution < -0.4 is 15.0 Å². The maximum atomic E-state index is 12.7. The number of methoxy groups -OCH3 is 1. The summed E-state index contributed by atoms with van der Waals surface area (Å²) in [5.74, 6) is 0.626. The van der Waals surface area contributed by atoms with Crippen molar-refractivity contribution in [2.24, 2.45) is 0 Å². The van der Waals surface area contributed by atoms with E-state index in [1.165, 1.54) is 17.7 Å². The lowest BCUT2D eigenvalue weighted by Crippen LogP contribution is -2.34. The highest BCUT2D eigenvalue weighted by Crippen LogP contribution is 2.35. The van der Waals surface area contributed by atoms with Crippen LogP contribution in [0.3, 0.4) is 0 Å². The van der Waals surface area contributed by atoms with Gasteiger partial charge in [0.25, 0.3) is 0 Å². The van der Waals surface area contributed by atoms with E-state index in [0.29, 0.717) is 40.1 Å². The predicted octanol–water partition coefficient (Wildman–Crippen LogP) is 3.65. The van der Waals surface area contributed by atoms with E-state index in [0.717, 1.165) is 10.9 Å². The summed E-state index contributed by atoms with van der Waals surface area (Å²) in [4.78, 5) is 36.8. The molecule has 8 nitrogen and oxygen atoms in total. The zero-order chi connectivity index (χ0) is 21.7. The molecule has 1 amide bonds. The fourth-order valence-corrected chi connectivity index (χ4v) is 4.17. The summed E-state index contributed by atoms with van der Waals surface area (Å²) in [7, 11) is 1.56. The molecule has 3 aromatic rings. The van der Waals surface area contributed by atoms with Crippen molar-refractivity contribution in [2.75, 3.05) is 37.0 Å². The minimum atomic E-state index is -0.374. The molecule has 9 heteroatoms. The normalized spacial score (nSPS) is 10.7. The molecule has 0 bridgehead atoms. The summed E-state index contributed by atoms with van der Waals surface area (Å²) in [5.41, 5.74) is 1.36. The Hall–Kier alpha value is -3.20. The number of anilines is 2. The number of hydrogen-bond acceptors (Lipinski definition) is 8. The second-order valence-electron chi connectivity index (χ2n) is 6.42. The van der Waals surface area contributed by atoms with Gasteiger partial charge < -0.3 is 19.7 Å². The van der Waals surface area contributed by atoms with Crippen LogP contribution in [-0.4, -0.2) is 48.7 Å². The van der Waals surface area contributed by atoms with Gasteiger partial charge in [-0.2, -0.15) is 0 Å². The number of hydrogen-bond donors (Lipinski definition) is 1. The molecule has 0 atom stereocenters. The number of amides is 1. The van der Waals surface area contributed by atoms with Gasteiger partial charge in [0.1, 0.15) is 27.6 Å². The maximum Gasteiger partial charge on any atom is 0.348 e. The van der Waals surface area contributed by atoms with E-state index in [4.69, 9.17) is 9.47 Å². The molecule has 2 heterocycles. The van der Waals surface area contributed by atoms with Gasteiger partial charge in [-0.05, 0) is 38.5 Å². The quantitative estimate of drug-likeness (QED) is 0.547. The minimum absolute atomic E-state index is 0.0880. The monoisotopic (exact) mass is 428 g/mol. The van der Waals surface area contributed by atoms with Crippen molar-refractivity contribution in [3.8, 4) is 5.75 Å². The van der Waals surface area contributed by atoms with Gasteiger partial charge >= 0.3 is 5.97 Å². The average molecular weight is 429 g/mol. The van der Waals surface area contributed by atoms with Gasteiger partial charge in [-0.3, -0.25) is 4.79 Å². The molecule has 1 aromatic carbocycles. The summed E-state index contributed by atoms with van der Waals surface area (Å²) in [6.45, 7) is 6.50. The molecule has 3 rings (SSSR count). The molecule has 0 aliphatic heterocycles. The number of aromatic nitrogens is 2. The van der Waals surface area contributed by atoms with Crippen LogP contribution in [0.1, 0.15) is 29.1 Å². The molecule has 0 spiro atoms. The predicted molar refractivity (Wildman–Crippen MR) is 118 cm³/mol. The first-order chi connectivity index (χ1) is 14.5. The number of benzene rings is 1. The molecule has 2 aromatic heterocycles. The molecule has 0 radical (unpaired) electrons. The van der Waals surface area contributed by atoms with Gasteiger partial charge in [-0.25, -0.2) is 14.8 Å². The Bertz CT molecular complexity index is 1070. The Balaban J connectivity index is 1.89. The van der Waals surface area contributed by atoms with Gasteiger partial charge in [0.15, 0.2) is 0 Å². The van der Waals surface area contributed by atoms with E-state index in [2.05, 4.69) is 15.3 Å². The number of likely N-dealkylation sites (N-methyl/N-ethyl adjacent to an activating group) is 1. The van der Waals surface area contributed by atoms with Crippen LogP contribution in [0.2, 0.25) is 0 Å². The molecular formula is C21H24N4O4S. The molecule has 1 N–H and O–H groups in total. The topological polar surface area (TPSA) is 93.7 Å². The standard InChI is InChI=1S/C21H24N4O4S/c1-5-25(11-16(26)24-14-9-7-8-10-15(14)28-4)19-17-13(3)18(21(27)29-6-2)30-20(17)23-12-22-19/h7-10,12H,5-6,11H2,1-4H3,(H,24,26). The van der Waals surface area contributed by atoms with Gasteiger partial charge in [-0.15, -0.1) is 11.3 Å². The van der Waals surface area contributed by atoms with Crippen LogP contribution in [0.15, 0.2) is 30.6 Å². The van der Waals surface area contributed by atoms with Crippen molar-refractivity contribution in [2.45, 2.75) is 20.8 Å². The van der Waals surface area contributed by atoms with E-state index >= 15 is 0 Å². The third kappa shape index (κ3) is 4.35. The lowest BCUT2D eigenvalue weighted by molar-refractivity contribution is -0.115. The van der Waals surface area contributed by atoms with E-state index in [-0.39, 0.29) is 18.4 Å². The molecule has 0 aliphatic carbocycles. The number of fused-ring (bicyclic) bond motifs is 1. The minimum Gasteiger partial charge on any atom is -0.495 e. The summed E-state index contributed by atoms with van der Waals surface area (Å²) < 4.78 is 10.4. The van der Waals surface area contributed by atoms with Crippen molar-refractivity contribution in [3.05, 3.63) is 41.0 Å². The van der Waals surface area contributed by atoms with Crippen molar-refractivity contribution in [1.82, 2.24) is 9.97 Å². The Labute approximate surface area is 178 Å². The van der Waals surface area contributed by atoms with Gasteiger partial charge in [0.2, 0.25) is 5.91 Å². The van der Waals surface area contributed by atoms with Crippen molar-refractivity contribution >= 4 is 44.9 Å². The smallest absolute Gasteiger partial charge is 0.348 e. The average Bonchev–Trinajstić information content (AvgIpc) is 3.09. The number of rotatable bonds is 8. The van der Waals surface area contributed by atoms with Crippen molar-refractivity contribution in [1.29, 1.82) is 0 Å². The number of nitrogens with one attached hydrogen (secondary N) is 1. The lowest BCUT2D eigenvalue weighted by atomic mass is 10.2. The largest absolute Gasteiger partial charge is 0.495 e. The first kappa shape index (κ1) is 21.5. The van der Waals surface area contributed by atoms with Crippen molar-refractivity contribution < 1.29 is 19.1 Å². The SMILES string of the molecule is CCOC(=O)c1sc2ncnc(N(CC)CC(=O)Nc3ccccc3OC)c2c1C. The fraction of sp³-hybridized carbons (Fsp3) is 0.333. The van der Waals surface area contributed by atoms with Gasteiger partial charge in [0.05, 0.1) is 31.3 Å². The molecule has 30 heavy (non-hydrogen) atoms. The van der Waals surface area contributed by atoms with E-state index in [1.54, 1.807) is 26.2 Å². The molecule has 0 saturated heterocycles. The van der Waals surface area contributed by atoms with Gasteiger partial charge in [-0.1, -0.05) is 12.1 Å². The first-order valence-electron chi connectivity index (χ1n) is 9.59. The third-order valence-electron chi connectivity index (χ3n) is 4.56. The summed E-state index contributed by atoms with van der Waals surface area (Å²) in [6.07, 6.45) is 1.45. The highest BCUT2D eigenvalue weighted by Gasteiger charge is 2.23. The number of carbonyl (C=O) groups is 2. The zero-order valence-electron chi connectivity index (χ0n) is 17.4. The van der Waals surface area contributed by atoms with Crippen LogP contribution in [0.25, 0.3) is 10.2 Å². The Kier molecular flexibility index (Phi) is 6.83. The Morgan fingerprint density at radius 2 is 1.97 bits per heavy atom. The highest BCUT2D eigenvalue weighted by molar-refractivity contribution is 7.20. The van der Waals surface area contributed by atoms with E-state index in [1.807, 2.05) is 30.9 Å². The van der Waals surface area contributed by atoms with Crippen LogP contribution in [0, 0.1) is 6.92 Å². The Morgan fingerprint density at radius 3 is 2.67 bits per heavy atom. The molecule has 158 valence electrons. The highest BCUT2D eigenvalue weighted by atomic mass is 32.1. The summed E-state index contributed by atoms with van der Waals surface area (Å²) in [5, 5.41) is 3.64. The fourth-order valence-electron chi connectivity index (χ4n) is 3.13. The molecular weight excluding hydrogens is 404 g/mol. The number of carbonyl (C=O) groups excluding carboxylic acids is 2. The Morgan fingerprint density at radius 1 is 1.20 bits per heavy atom. The third-order valence-corrected chi connectivity index (χ3v) is 5.74. The zero-order valence-corrected chi connectivity index (χ0v) is 18.2. The van der Waals surface area contributed by atoms with Crippen LogP contribution >= 0.6 is 11.3 Å². The number of ether oxygens (including phenoxy) is 2. The van der Waals surface area contributed by atoms with Crippen LogP contribution in [-0.2, 0) is 9.53 Å². The number of esters is 1. The molecule has 0 fully saturated rings. The maximum absolute atomic E-state index is 12.7. The second-order valence-corrected chi connectivity index (χ2v) is 7.42. The van der Waals surface area contributed by atoms with Gasteiger partial charge in [0, 0.05) is 6.54 Å². The molecule has 0 unspecified atom stereocenters. The molecule has 0 aliphatic rings. The summed E-state index contributed by atoms with van der Waals surface area (Å²) >= 11 is 1.27. The number of para-hydroxylation sites is 2. The van der Waals surface area contributed by atoms with Crippen LogP contribution in [0.4, 0.5) is 11.5 Å². The lowest BCUT2D eigenvalue weighted by Gasteiger charge is -2.22. The molecule has 0 saturated carbocycles. The van der Waals surface area contributed by atoms with Crippen molar-refractivity contribution in [3.63, 3.8) is 0 Å². The van der Waals surface area contributed by atoms with Crippen LogP contribution in [0.5, 0.6) is 5.75 Å². The number of nitrogens with zero attached hydrogens (tertiary/aromatic N) is 3. The number of thiophene rings is 1. The summed E-state index contributed by atoms with van der Waals surface area (Å²) in [6, 6.07) is 7.23. The van der Waals surface area contributed by atoms with E-state index < -0.39 is 0 Å². The first-order valence-corrected chi connectivity index (χ1v) is 10.4. The second kappa shape index (κ2) is 9.53. The number of aryl methyl sites for hydroxylation is 1.